The van der Waals surface area contributed by atoms with E-state index in [-0.39, 0.29) is 18.1 Å². The maximum Gasteiger partial charge on any atom is 0.253 e. The Morgan fingerprint density at radius 2 is 2.00 bits per heavy atom. The Morgan fingerprint density at radius 1 is 1.23 bits per heavy atom. The van der Waals surface area contributed by atoms with Crippen LogP contribution >= 0.6 is 0 Å². The van der Waals surface area contributed by atoms with Gasteiger partial charge in [0.2, 0.25) is 7.28 Å². The zero-order valence-corrected chi connectivity index (χ0v) is 12.5. The second-order valence-electron chi connectivity index (χ2n) is 6.57. The average Bonchev–Trinajstić information content (AvgIpc) is 3.28. The molecule has 2 fully saturated rings. The minimum atomic E-state index is -0.206. The molecule has 0 bridgehead atoms. The number of aliphatic hydroxyl groups is 1. The Balaban J connectivity index is 1.42. The number of carbonyl (C=O) groups is 1. The first-order valence-corrected chi connectivity index (χ1v) is 8.11. The lowest BCUT2D eigenvalue weighted by Crippen LogP contribution is -2.39. The molecule has 1 aromatic heterocycles. The molecule has 1 aromatic rings. The van der Waals surface area contributed by atoms with Gasteiger partial charge in [0.25, 0.3) is 5.91 Å². The molecule has 0 spiro atoms. The number of nitrogens with zero attached hydrogens (tertiary/aromatic N) is 2. The first-order chi connectivity index (χ1) is 10.7. The molecule has 2 saturated carbocycles. The molecule has 22 heavy (non-hydrogen) atoms. The van der Waals surface area contributed by atoms with Gasteiger partial charge in [-0.1, -0.05) is 0 Å². The molecule has 2 heterocycles. The Hall–Kier alpha value is -1.69. The summed E-state index contributed by atoms with van der Waals surface area (Å²) in [5.74, 6) is 1.25. The number of pyridine rings is 1. The molecule has 0 atom stereocenters. The van der Waals surface area contributed by atoms with Crippen LogP contribution in [0.5, 0.6) is 0 Å². The number of fused-ring (bicyclic) bond motifs is 1. The Labute approximate surface area is 130 Å². The van der Waals surface area contributed by atoms with Crippen LogP contribution in [0.1, 0.15) is 48.9 Å². The number of carbonyl (C=O) groups excluding carboxylic acids is 1. The van der Waals surface area contributed by atoms with Crippen molar-refractivity contribution >= 4 is 30.1 Å². The van der Waals surface area contributed by atoms with Crippen LogP contribution < -0.4 is 10.8 Å². The van der Waals surface area contributed by atoms with Crippen LogP contribution in [0.4, 0.5) is 5.82 Å². The van der Waals surface area contributed by atoms with Crippen LogP contribution in [-0.4, -0.2) is 41.0 Å². The molecule has 0 saturated heterocycles. The van der Waals surface area contributed by atoms with Gasteiger partial charge >= 0.3 is 0 Å². The topological polar surface area (TPSA) is 74.6 Å². The fraction of sp³-hybridized carbons (Fsp3) is 0.562. The molecule has 5 nitrogen and oxygen atoms in total. The molecule has 1 radical (unpaired) electrons. The highest BCUT2D eigenvalue weighted by Crippen LogP contribution is 2.33. The third-order valence-electron chi connectivity index (χ3n) is 4.72. The van der Waals surface area contributed by atoms with Crippen LogP contribution in [0, 0.1) is 5.92 Å². The van der Waals surface area contributed by atoms with Crippen molar-refractivity contribution in [2.75, 3.05) is 0 Å². The van der Waals surface area contributed by atoms with E-state index in [1.165, 1.54) is 12.8 Å². The molecule has 6 heteroatoms. The highest BCUT2D eigenvalue weighted by molar-refractivity contribution is 6.88. The van der Waals surface area contributed by atoms with Crippen LogP contribution in [0.15, 0.2) is 17.3 Å². The zero-order valence-electron chi connectivity index (χ0n) is 12.5. The van der Waals surface area contributed by atoms with Crippen molar-refractivity contribution in [3.05, 3.63) is 17.8 Å². The van der Waals surface area contributed by atoms with Crippen LogP contribution in [0.2, 0.25) is 0 Å². The van der Waals surface area contributed by atoms with E-state index in [0.717, 1.165) is 42.6 Å². The van der Waals surface area contributed by atoms with Crippen molar-refractivity contribution in [1.29, 1.82) is 0 Å². The molecular formula is C16H19BN3O2. The highest BCUT2D eigenvalue weighted by atomic mass is 16.3. The minimum Gasteiger partial charge on any atom is -0.393 e. The van der Waals surface area contributed by atoms with Gasteiger partial charge < -0.3 is 10.4 Å². The second kappa shape index (κ2) is 5.50. The quantitative estimate of drug-likeness (QED) is 0.814. The molecule has 4 rings (SSSR count). The average molecular weight is 296 g/mol. The Morgan fingerprint density at radius 3 is 2.73 bits per heavy atom. The smallest absolute Gasteiger partial charge is 0.253 e. The highest BCUT2D eigenvalue weighted by Gasteiger charge is 2.32. The van der Waals surface area contributed by atoms with Crippen molar-refractivity contribution in [3.63, 3.8) is 0 Å². The number of hydrogen-bond acceptors (Lipinski definition) is 4. The number of aliphatic hydroxyl groups excluding tert-OH is 1. The summed E-state index contributed by atoms with van der Waals surface area (Å²) in [5.41, 5.74) is 2.66. The monoisotopic (exact) mass is 296 g/mol. The van der Waals surface area contributed by atoms with E-state index in [9.17, 15) is 9.90 Å². The molecule has 1 aliphatic heterocycles. The lowest BCUT2D eigenvalue weighted by atomic mass is 9.66. The predicted molar refractivity (Wildman–Crippen MR) is 85.2 cm³/mol. The van der Waals surface area contributed by atoms with Gasteiger partial charge in [-0.05, 0) is 61.6 Å². The van der Waals surface area contributed by atoms with Crippen molar-refractivity contribution < 1.29 is 9.90 Å². The zero-order chi connectivity index (χ0) is 15.1. The molecule has 2 N–H and O–H groups in total. The van der Waals surface area contributed by atoms with E-state index in [4.69, 9.17) is 0 Å². The summed E-state index contributed by atoms with van der Waals surface area (Å²) in [7, 11) is 2.06. The number of aromatic nitrogens is 1. The number of amides is 1. The van der Waals surface area contributed by atoms with E-state index in [1.54, 1.807) is 6.20 Å². The predicted octanol–water partition coefficient (Wildman–Crippen LogP) is 0.898. The van der Waals surface area contributed by atoms with Gasteiger partial charge in [-0.3, -0.25) is 4.79 Å². The first kappa shape index (κ1) is 13.9. The third-order valence-corrected chi connectivity index (χ3v) is 4.72. The van der Waals surface area contributed by atoms with Crippen molar-refractivity contribution in [2.24, 2.45) is 10.9 Å². The lowest BCUT2D eigenvalue weighted by Gasteiger charge is -2.26. The van der Waals surface area contributed by atoms with Gasteiger partial charge in [-0.15, -0.1) is 0 Å². The van der Waals surface area contributed by atoms with E-state index >= 15 is 0 Å². The summed E-state index contributed by atoms with van der Waals surface area (Å²) in [5, 5.41) is 12.6. The summed E-state index contributed by atoms with van der Waals surface area (Å²) >= 11 is 0. The van der Waals surface area contributed by atoms with E-state index in [1.807, 2.05) is 6.07 Å². The SMILES string of the molecule is O=C(NC1CCC(O)CC1)c1cnc2c(c1)[B]C(C1CC1)=N2. The molecule has 0 aromatic carbocycles. The van der Waals surface area contributed by atoms with Crippen LogP contribution in [-0.2, 0) is 0 Å². The normalized spacial score (nSPS) is 26.9. The summed E-state index contributed by atoms with van der Waals surface area (Å²) in [6.07, 6.45) is 7.04. The van der Waals surface area contributed by atoms with Gasteiger partial charge in [-0.2, -0.15) is 0 Å². The van der Waals surface area contributed by atoms with E-state index < -0.39 is 0 Å². The number of aliphatic imine (C=N–C) groups is 1. The van der Waals surface area contributed by atoms with Gasteiger partial charge in [-0.25, -0.2) is 9.98 Å². The summed E-state index contributed by atoms with van der Waals surface area (Å²) in [4.78, 5) is 21.2. The maximum atomic E-state index is 12.4. The van der Waals surface area contributed by atoms with Crippen molar-refractivity contribution in [2.45, 2.75) is 50.7 Å². The molecular weight excluding hydrogens is 277 g/mol. The van der Waals surface area contributed by atoms with Crippen LogP contribution in [0.3, 0.4) is 0 Å². The molecule has 1 amide bonds. The van der Waals surface area contributed by atoms with Gasteiger partial charge in [0.05, 0.1) is 11.7 Å². The Kier molecular flexibility index (Phi) is 3.49. The van der Waals surface area contributed by atoms with Gasteiger partial charge in [0.1, 0.15) is 5.82 Å². The third kappa shape index (κ3) is 2.80. The van der Waals surface area contributed by atoms with Gasteiger partial charge in [0.15, 0.2) is 0 Å². The molecule has 113 valence electrons. The largest absolute Gasteiger partial charge is 0.393 e. The summed E-state index contributed by atoms with van der Waals surface area (Å²) in [6, 6.07) is 2.04. The number of hydrogen-bond donors (Lipinski definition) is 2. The Bertz CT molecular complexity index is 634. The van der Waals surface area contributed by atoms with Crippen LogP contribution in [0.25, 0.3) is 0 Å². The van der Waals surface area contributed by atoms with E-state index in [0.29, 0.717) is 11.5 Å². The second-order valence-corrected chi connectivity index (χ2v) is 6.57. The summed E-state index contributed by atoms with van der Waals surface area (Å²) < 4.78 is 0. The molecule has 2 aliphatic carbocycles. The lowest BCUT2D eigenvalue weighted by molar-refractivity contribution is 0.0867. The number of nitrogens with one attached hydrogen (secondary N) is 1. The number of rotatable bonds is 3. The van der Waals surface area contributed by atoms with Crippen molar-refractivity contribution in [3.8, 4) is 0 Å². The molecule has 3 aliphatic rings. The van der Waals surface area contributed by atoms with Gasteiger partial charge in [0, 0.05) is 12.2 Å². The summed E-state index contributed by atoms with van der Waals surface area (Å²) in [6.45, 7) is 0. The fourth-order valence-corrected chi connectivity index (χ4v) is 3.19. The fourth-order valence-electron chi connectivity index (χ4n) is 3.19. The molecule has 0 unspecified atom stereocenters. The standard InChI is InChI=1S/C16H19BN3O2/c21-12-5-3-11(4-6-12)19-16(22)10-7-13-15(18-8-10)20-14(17-13)9-1-2-9/h7-9,11-12,21H,1-6H2,(H,19,22). The van der Waals surface area contributed by atoms with E-state index in [2.05, 4.69) is 22.6 Å². The first-order valence-electron chi connectivity index (χ1n) is 8.11. The minimum absolute atomic E-state index is 0.0787. The van der Waals surface area contributed by atoms with Crippen molar-refractivity contribution in [1.82, 2.24) is 10.3 Å². The maximum absolute atomic E-state index is 12.4.